The van der Waals surface area contributed by atoms with Crippen molar-refractivity contribution in [2.75, 3.05) is 33.9 Å². The number of carbonyl (C=O) groups excluding carboxylic acids is 3. The lowest BCUT2D eigenvalue weighted by molar-refractivity contribution is -0.145. The highest BCUT2D eigenvalue weighted by molar-refractivity contribution is 5.84. The number of urea groups is 1. The van der Waals surface area contributed by atoms with Crippen LogP contribution in [0.1, 0.15) is 18.4 Å². The van der Waals surface area contributed by atoms with Crippen molar-refractivity contribution >= 4 is 18.1 Å². The van der Waals surface area contributed by atoms with Crippen LogP contribution in [-0.4, -0.2) is 73.9 Å². The van der Waals surface area contributed by atoms with E-state index in [0.717, 1.165) is 11.3 Å². The van der Waals surface area contributed by atoms with Gasteiger partial charge in [-0.3, -0.25) is 4.90 Å². The Morgan fingerprint density at radius 2 is 1.86 bits per heavy atom. The topological polar surface area (TPSA) is 97.4 Å². The predicted molar refractivity (Wildman–Crippen MR) is 98.8 cm³/mol. The number of likely N-dealkylation sites (tertiary alicyclic amines) is 1. The van der Waals surface area contributed by atoms with Crippen LogP contribution < -0.4 is 10.1 Å². The molecular weight excluding hydrogens is 366 g/mol. The molecule has 2 saturated heterocycles. The maximum absolute atomic E-state index is 12.4. The Balaban J connectivity index is 1.49. The average Bonchev–Trinajstić information content (AvgIpc) is 3.13. The number of methoxy groups -OCH3 is 2. The van der Waals surface area contributed by atoms with Crippen LogP contribution in [0, 0.1) is 0 Å². The SMILES string of the molecule is COC(=O)C1COC(=O)N1C1CCN(C(=O)NCc2ccc(OC)cc2)CC1. The largest absolute Gasteiger partial charge is 0.497 e. The summed E-state index contributed by atoms with van der Waals surface area (Å²) in [7, 11) is 2.90. The van der Waals surface area contributed by atoms with Crippen LogP contribution in [-0.2, 0) is 20.8 Å². The van der Waals surface area contributed by atoms with E-state index in [1.54, 1.807) is 12.0 Å². The van der Waals surface area contributed by atoms with Crippen molar-refractivity contribution in [3.05, 3.63) is 29.8 Å². The van der Waals surface area contributed by atoms with Gasteiger partial charge < -0.3 is 24.4 Å². The molecule has 1 N–H and O–H groups in total. The summed E-state index contributed by atoms with van der Waals surface area (Å²) in [6, 6.07) is 6.49. The minimum Gasteiger partial charge on any atom is -0.497 e. The van der Waals surface area contributed by atoms with E-state index in [4.69, 9.17) is 14.2 Å². The molecule has 0 aromatic heterocycles. The minimum absolute atomic E-state index is 0.00800. The Bertz CT molecular complexity index is 715. The maximum atomic E-state index is 12.4. The lowest BCUT2D eigenvalue weighted by Gasteiger charge is -2.37. The average molecular weight is 391 g/mol. The van der Waals surface area contributed by atoms with Gasteiger partial charge in [0.2, 0.25) is 0 Å². The summed E-state index contributed by atoms with van der Waals surface area (Å²) in [5, 5.41) is 2.90. The smallest absolute Gasteiger partial charge is 0.410 e. The molecule has 3 rings (SSSR count). The van der Waals surface area contributed by atoms with Crippen LogP contribution in [0.5, 0.6) is 5.75 Å². The van der Waals surface area contributed by atoms with Gasteiger partial charge in [0.1, 0.15) is 12.4 Å². The number of cyclic esters (lactones) is 1. The molecule has 9 nitrogen and oxygen atoms in total. The first-order valence-corrected chi connectivity index (χ1v) is 9.22. The van der Waals surface area contributed by atoms with E-state index in [2.05, 4.69) is 5.32 Å². The number of benzene rings is 1. The van der Waals surface area contributed by atoms with Gasteiger partial charge in [0.25, 0.3) is 0 Å². The van der Waals surface area contributed by atoms with Gasteiger partial charge in [-0.1, -0.05) is 12.1 Å². The van der Waals surface area contributed by atoms with Crippen molar-refractivity contribution < 1.29 is 28.6 Å². The Morgan fingerprint density at radius 1 is 1.18 bits per heavy atom. The number of esters is 1. The number of ether oxygens (including phenoxy) is 3. The second-order valence-electron chi connectivity index (χ2n) is 6.75. The van der Waals surface area contributed by atoms with Crippen LogP contribution in [0.25, 0.3) is 0 Å². The van der Waals surface area contributed by atoms with Crippen molar-refractivity contribution in [2.24, 2.45) is 0 Å². The molecule has 3 amide bonds. The first-order chi connectivity index (χ1) is 13.5. The van der Waals surface area contributed by atoms with E-state index in [-0.39, 0.29) is 18.7 Å². The zero-order valence-corrected chi connectivity index (χ0v) is 16.1. The second-order valence-corrected chi connectivity index (χ2v) is 6.75. The number of rotatable bonds is 5. The predicted octanol–water partition coefficient (Wildman–Crippen LogP) is 1.36. The lowest BCUT2D eigenvalue weighted by atomic mass is 10.0. The Labute approximate surface area is 163 Å². The molecule has 0 bridgehead atoms. The minimum atomic E-state index is -0.710. The van der Waals surface area contributed by atoms with Gasteiger partial charge in [-0.25, -0.2) is 14.4 Å². The normalized spacial score (nSPS) is 19.9. The monoisotopic (exact) mass is 391 g/mol. The summed E-state index contributed by atoms with van der Waals surface area (Å²) in [5.74, 6) is 0.286. The van der Waals surface area contributed by atoms with Crippen molar-refractivity contribution in [3.63, 3.8) is 0 Å². The molecule has 1 unspecified atom stereocenters. The van der Waals surface area contributed by atoms with E-state index in [9.17, 15) is 14.4 Å². The highest BCUT2D eigenvalue weighted by Gasteiger charge is 2.44. The summed E-state index contributed by atoms with van der Waals surface area (Å²) in [6.45, 7) is 1.42. The fourth-order valence-corrected chi connectivity index (χ4v) is 3.53. The number of hydrogen-bond donors (Lipinski definition) is 1. The zero-order valence-electron chi connectivity index (χ0n) is 16.1. The Kier molecular flexibility index (Phi) is 6.23. The zero-order chi connectivity index (χ0) is 20.1. The quantitative estimate of drug-likeness (QED) is 0.762. The third kappa shape index (κ3) is 4.29. The fourth-order valence-electron chi connectivity index (χ4n) is 3.53. The van der Waals surface area contributed by atoms with E-state index in [1.807, 2.05) is 24.3 Å². The van der Waals surface area contributed by atoms with Gasteiger partial charge in [0.15, 0.2) is 6.04 Å². The van der Waals surface area contributed by atoms with Crippen molar-refractivity contribution in [1.82, 2.24) is 15.1 Å². The summed E-state index contributed by atoms with van der Waals surface area (Å²) in [5.41, 5.74) is 0.977. The number of piperidine rings is 1. The van der Waals surface area contributed by atoms with Gasteiger partial charge in [-0.05, 0) is 30.5 Å². The van der Waals surface area contributed by atoms with Gasteiger partial charge in [-0.2, -0.15) is 0 Å². The molecule has 0 radical (unpaired) electrons. The highest BCUT2D eigenvalue weighted by atomic mass is 16.6. The highest BCUT2D eigenvalue weighted by Crippen LogP contribution is 2.24. The molecule has 0 aliphatic carbocycles. The number of carbonyl (C=O) groups is 3. The first-order valence-electron chi connectivity index (χ1n) is 9.22. The molecular formula is C19H25N3O6. The molecule has 28 heavy (non-hydrogen) atoms. The molecule has 1 aromatic rings. The maximum Gasteiger partial charge on any atom is 0.410 e. The molecule has 0 saturated carbocycles. The lowest BCUT2D eigenvalue weighted by Crippen LogP contribution is -2.53. The molecule has 2 heterocycles. The third-order valence-corrected chi connectivity index (χ3v) is 5.13. The van der Waals surface area contributed by atoms with Crippen LogP contribution in [0.4, 0.5) is 9.59 Å². The molecule has 2 aliphatic heterocycles. The molecule has 1 atom stereocenters. The van der Waals surface area contributed by atoms with Gasteiger partial charge >= 0.3 is 18.1 Å². The first kappa shape index (κ1) is 19.8. The van der Waals surface area contributed by atoms with Crippen molar-refractivity contribution in [1.29, 1.82) is 0 Å². The van der Waals surface area contributed by atoms with Crippen molar-refractivity contribution in [2.45, 2.75) is 31.5 Å². The summed E-state index contributed by atoms with van der Waals surface area (Å²) in [6.07, 6.45) is 0.662. The van der Waals surface area contributed by atoms with Crippen LogP contribution in [0.2, 0.25) is 0 Å². The van der Waals surface area contributed by atoms with Crippen LogP contribution in [0.3, 0.4) is 0 Å². The molecule has 2 fully saturated rings. The molecule has 152 valence electrons. The molecule has 2 aliphatic rings. The summed E-state index contributed by atoms with van der Waals surface area (Å²) in [4.78, 5) is 39.5. The standard InChI is InChI=1S/C19H25N3O6/c1-26-15-5-3-13(4-6-15)11-20-18(24)21-9-7-14(8-10-21)22-16(17(23)27-2)12-28-19(22)25/h3-6,14,16H,7-12H2,1-2H3,(H,20,24). The van der Waals surface area contributed by atoms with Crippen LogP contribution in [0.15, 0.2) is 24.3 Å². The number of nitrogens with zero attached hydrogens (tertiary/aromatic N) is 2. The van der Waals surface area contributed by atoms with Crippen LogP contribution >= 0.6 is 0 Å². The summed E-state index contributed by atoms with van der Waals surface area (Å²) >= 11 is 0. The van der Waals surface area contributed by atoms with Gasteiger partial charge in [0.05, 0.1) is 14.2 Å². The molecule has 0 spiro atoms. The number of hydrogen-bond acceptors (Lipinski definition) is 6. The Hall–Kier alpha value is -2.97. The third-order valence-electron chi connectivity index (χ3n) is 5.13. The fraction of sp³-hybridized carbons (Fsp3) is 0.526. The number of amides is 3. The molecule has 1 aromatic carbocycles. The van der Waals surface area contributed by atoms with E-state index in [1.165, 1.54) is 12.0 Å². The van der Waals surface area contributed by atoms with E-state index >= 15 is 0 Å². The van der Waals surface area contributed by atoms with E-state index in [0.29, 0.717) is 32.5 Å². The van der Waals surface area contributed by atoms with Gasteiger partial charge in [0, 0.05) is 25.7 Å². The number of nitrogens with one attached hydrogen (secondary N) is 1. The second kappa shape index (κ2) is 8.81. The Morgan fingerprint density at radius 3 is 2.46 bits per heavy atom. The van der Waals surface area contributed by atoms with Gasteiger partial charge in [-0.15, -0.1) is 0 Å². The molecule has 9 heteroatoms. The van der Waals surface area contributed by atoms with E-state index < -0.39 is 18.1 Å². The summed E-state index contributed by atoms with van der Waals surface area (Å²) < 4.78 is 14.9. The van der Waals surface area contributed by atoms with Crippen molar-refractivity contribution in [3.8, 4) is 5.75 Å².